The lowest BCUT2D eigenvalue weighted by Gasteiger charge is -2.15. The third kappa shape index (κ3) is 6.24. The van der Waals surface area contributed by atoms with E-state index < -0.39 is 22.1 Å². The second-order valence-electron chi connectivity index (χ2n) is 5.05. The number of benzene rings is 1. The number of sulfonamides is 1. The second kappa shape index (κ2) is 7.53. The summed E-state index contributed by atoms with van der Waals surface area (Å²) >= 11 is 0. The Labute approximate surface area is 125 Å². The minimum Gasteiger partial charge on any atom is -0.465 e. The zero-order chi connectivity index (χ0) is 16.0. The quantitative estimate of drug-likeness (QED) is 0.734. The van der Waals surface area contributed by atoms with Crippen LogP contribution in [0.4, 0.5) is 0 Å². The van der Waals surface area contributed by atoms with Crippen LogP contribution >= 0.6 is 0 Å². The van der Waals surface area contributed by atoms with Crippen molar-refractivity contribution in [3.8, 4) is 0 Å². The van der Waals surface area contributed by atoms with Crippen LogP contribution in [-0.4, -0.2) is 38.7 Å². The lowest BCUT2D eigenvalue weighted by atomic mass is 10.1. The van der Waals surface area contributed by atoms with Gasteiger partial charge in [0.2, 0.25) is 10.0 Å². The summed E-state index contributed by atoms with van der Waals surface area (Å²) in [5, 5.41) is 9.25. The summed E-state index contributed by atoms with van der Waals surface area (Å²) in [6, 6.07) is 5.93. The van der Waals surface area contributed by atoms with E-state index in [4.69, 9.17) is 0 Å². The van der Waals surface area contributed by atoms with Crippen LogP contribution in [-0.2, 0) is 20.5 Å². The van der Waals surface area contributed by atoms with Gasteiger partial charge in [-0.2, -0.15) is 0 Å². The Hall–Kier alpha value is -1.44. The van der Waals surface area contributed by atoms with Gasteiger partial charge < -0.3 is 9.84 Å². The molecule has 1 aromatic carbocycles. The molecule has 2 N–H and O–H groups in total. The van der Waals surface area contributed by atoms with Gasteiger partial charge in [-0.3, -0.25) is 0 Å². The Kier molecular flexibility index (Phi) is 6.32. The number of methoxy groups -OCH3 is 1. The number of carbonyl (C=O) groups is 1. The molecule has 1 rings (SSSR count). The van der Waals surface area contributed by atoms with Crippen LogP contribution in [0.2, 0.25) is 0 Å². The van der Waals surface area contributed by atoms with Crippen molar-refractivity contribution >= 4 is 16.0 Å². The molecule has 0 aliphatic rings. The highest BCUT2D eigenvalue weighted by atomic mass is 32.2. The summed E-state index contributed by atoms with van der Waals surface area (Å²) in [7, 11) is -2.27. The van der Waals surface area contributed by atoms with Crippen LogP contribution < -0.4 is 4.72 Å². The van der Waals surface area contributed by atoms with Crippen molar-refractivity contribution < 1.29 is 23.1 Å². The monoisotopic (exact) mass is 315 g/mol. The summed E-state index contributed by atoms with van der Waals surface area (Å²) in [6.07, 6.45) is -0.244. The van der Waals surface area contributed by atoms with Crippen molar-refractivity contribution in [3.05, 3.63) is 35.4 Å². The molecule has 0 aliphatic heterocycles. The Morgan fingerprint density at radius 3 is 2.62 bits per heavy atom. The summed E-state index contributed by atoms with van der Waals surface area (Å²) in [5.74, 6) is -0.744. The van der Waals surface area contributed by atoms with Crippen LogP contribution in [0.15, 0.2) is 24.3 Å². The van der Waals surface area contributed by atoms with Gasteiger partial charge in [0.1, 0.15) is 0 Å². The van der Waals surface area contributed by atoms with Gasteiger partial charge in [0, 0.05) is 6.04 Å². The Morgan fingerprint density at radius 1 is 1.38 bits per heavy atom. The number of ether oxygens (including phenoxy) is 1. The van der Waals surface area contributed by atoms with Crippen molar-refractivity contribution in [2.45, 2.75) is 38.2 Å². The topological polar surface area (TPSA) is 92.7 Å². The first kappa shape index (κ1) is 17.6. The summed E-state index contributed by atoms with van der Waals surface area (Å²) < 4.78 is 31.2. The molecule has 0 aromatic heterocycles. The maximum atomic E-state index is 12.0. The number of aliphatic hydroxyl groups is 1. The minimum atomic E-state index is -3.54. The molecule has 0 bridgehead atoms. The number of aliphatic hydroxyl groups excluding tert-OH is 1. The molecule has 0 saturated carbocycles. The van der Waals surface area contributed by atoms with Crippen molar-refractivity contribution in [2.75, 3.05) is 7.11 Å². The van der Waals surface area contributed by atoms with Crippen LogP contribution in [0.3, 0.4) is 0 Å². The fraction of sp³-hybridized carbons (Fsp3) is 0.500. The molecule has 6 nitrogen and oxygen atoms in total. The summed E-state index contributed by atoms with van der Waals surface area (Å²) in [6.45, 7) is 3.29. The van der Waals surface area contributed by atoms with E-state index in [0.29, 0.717) is 17.5 Å². The van der Waals surface area contributed by atoms with Crippen molar-refractivity contribution in [1.82, 2.24) is 4.72 Å². The second-order valence-corrected chi connectivity index (χ2v) is 6.81. The van der Waals surface area contributed by atoms with Gasteiger partial charge in [-0.25, -0.2) is 17.9 Å². The van der Waals surface area contributed by atoms with Crippen LogP contribution in [0.1, 0.15) is 36.2 Å². The highest BCUT2D eigenvalue weighted by molar-refractivity contribution is 7.88. The van der Waals surface area contributed by atoms with Crippen LogP contribution in [0.5, 0.6) is 0 Å². The molecule has 0 radical (unpaired) electrons. The lowest BCUT2D eigenvalue weighted by Crippen LogP contribution is -2.35. The SMILES string of the molecule is COC(=O)c1cccc(CS(=O)(=O)NC(C)CC(C)O)c1. The number of hydrogen-bond donors (Lipinski definition) is 2. The van der Waals surface area contributed by atoms with E-state index in [1.54, 1.807) is 32.0 Å². The van der Waals surface area contributed by atoms with Gasteiger partial charge in [0.25, 0.3) is 0 Å². The molecule has 0 amide bonds. The molecule has 7 heteroatoms. The highest BCUT2D eigenvalue weighted by Gasteiger charge is 2.17. The Bertz CT molecular complexity index is 583. The molecular weight excluding hydrogens is 294 g/mol. The number of nitrogens with one attached hydrogen (secondary N) is 1. The zero-order valence-corrected chi connectivity index (χ0v) is 13.2. The maximum absolute atomic E-state index is 12.0. The van der Waals surface area contributed by atoms with E-state index in [0.717, 1.165) is 0 Å². The Balaban J connectivity index is 2.77. The molecule has 2 unspecified atom stereocenters. The smallest absolute Gasteiger partial charge is 0.337 e. The zero-order valence-electron chi connectivity index (χ0n) is 12.4. The van der Waals surface area contributed by atoms with Crippen molar-refractivity contribution in [3.63, 3.8) is 0 Å². The summed E-state index contributed by atoms with van der Waals surface area (Å²) in [4.78, 5) is 11.4. The predicted molar refractivity (Wildman–Crippen MR) is 79.3 cm³/mol. The Morgan fingerprint density at radius 2 is 2.05 bits per heavy atom. The minimum absolute atomic E-state index is 0.234. The highest BCUT2D eigenvalue weighted by Crippen LogP contribution is 2.11. The predicted octanol–water partition coefficient (Wildman–Crippen LogP) is 1.05. The average molecular weight is 315 g/mol. The van der Waals surface area contributed by atoms with E-state index >= 15 is 0 Å². The molecule has 0 spiro atoms. The number of carbonyl (C=O) groups excluding carboxylic acids is 1. The molecular formula is C14H21NO5S. The van der Waals surface area contributed by atoms with Crippen molar-refractivity contribution in [1.29, 1.82) is 0 Å². The fourth-order valence-electron chi connectivity index (χ4n) is 2.03. The molecule has 0 saturated heterocycles. The molecule has 21 heavy (non-hydrogen) atoms. The molecule has 2 atom stereocenters. The number of esters is 1. The van der Waals surface area contributed by atoms with Crippen LogP contribution in [0.25, 0.3) is 0 Å². The van der Waals surface area contributed by atoms with Crippen molar-refractivity contribution in [2.24, 2.45) is 0 Å². The molecule has 0 heterocycles. The fourth-order valence-corrected chi connectivity index (χ4v) is 3.44. The first-order chi connectivity index (χ1) is 9.73. The van der Waals surface area contributed by atoms with Gasteiger partial charge >= 0.3 is 5.97 Å². The van der Waals surface area contributed by atoms with Crippen LogP contribution in [0, 0.1) is 0 Å². The van der Waals surface area contributed by atoms with E-state index in [-0.39, 0.29) is 11.8 Å². The first-order valence-electron chi connectivity index (χ1n) is 6.59. The molecule has 1 aromatic rings. The van der Waals surface area contributed by atoms with Gasteiger partial charge in [-0.1, -0.05) is 12.1 Å². The maximum Gasteiger partial charge on any atom is 0.337 e. The van der Waals surface area contributed by atoms with E-state index in [2.05, 4.69) is 9.46 Å². The standard InChI is InChI=1S/C14H21NO5S/c1-10(7-11(2)16)15-21(18,19)9-12-5-4-6-13(8-12)14(17)20-3/h4-6,8,10-11,15-16H,7,9H2,1-3H3. The molecule has 118 valence electrons. The van der Waals surface area contributed by atoms with E-state index in [9.17, 15) is 18.3 Å². The van der Waals surface area contributed by atoms with Gasteiger partial charge in [0.15, 0.2) is 0 Å². The van der Waals surface area contributed by atoms with E-state index in [1.807, 2.05) is 0 Å². The first-order valence-corrected chi connectivity index (χ1v) is 8.24. The third-order valence-electron chi connectivity index (χ3n) is 2.78. The molecule has 0 aliphatic carbocycles. The van der Waals surface area contributed by atoms with Gasteiger partial charge in [0.05, 0.1) is 24.5 Å². The number of hydrogen-bond acceptors (Lipinski definition) is 5. The average Bonchev–Trinajstić information content (AvgIpc) is 2.35. The third-order valence-corrected chi connectivity index (χ3v) is 4.26. The largest absolute Gasteiger partial charge is 0.465 e. The van der Waals surface area contributed by atoms with Gasteiger partial charge in [-0.15, -0.1) is 0 Å². The number of rotatable bonds is 7. The molecule has 0 fully saturated rings. The summed E-state index contributed by atoms with van der Waals surface area (Å²) in [5.41, 5.74) is 0.803. The van der Waals surface area contributed by atoms with Gasteiger partial charge in [-0.05, 0) is 38.0 Å². The lowest BCUT2D eigenvalue weighted by molar-refractivity contribution is 0.0600. The normalized spacial score (nSPS) is 14.5. The van der Waals surface area contributed by atoms with E-state index in [1.165, 1.54) is 13.2 Å².